The number of anilines is 2. The van der Waals surface area contributed by atoms with E-state index in [1.54, 1.807) is 0 Å². The van der Waals surface area contributed by atoms with Gasteiger partial charge in [0.1, 0.15) is 0 Å². The Hall–Kier alpha value is -1.47. The van der Waals surface area contributed by atoms with Crippen LogP contribution in [0.1, 0.15) is 19.8 Å². The predicted octanol–water partition coefficient (Wildman–Crippen LogP) is 1.00. The number of aliphatic hydroxyl groups excluding tert-OH is 1. The van der Waals surface area contributed by atoms with Crippen LogP contribution in [0.4, 0.5) is 16.2 Å². The number of aliphatic hydroxyl groups is 1. The van der Waals surface area contributed by atoms with Gasteiger partial charge in [-0.25, -0.2) is 9.37 Å². The van der Waals surface area contributed by atoms with Crippen LogP contribution in [0, 0.1) is 5.82 Å². The molecule has 3 N–H and O–H groups in total. The quantitative estimate of drug-likeness (QED) is 0.741. The van der Waals surface area contributed by atoms with Crippen molar-refractivity contribution in [2.45, 2.75) is 25.3 Å². The summed E-state index contributed by atoms with van der Waals surface area (Å²) in [5.74, 6) is -0.0468. The van der Waals surface area contributed by atoms with Gasteiger partial charge in [0.25, 0.3) is 0 Å². The maximum absolute atomic E-state index is 13.7. The smallest absolute Gasteiger partial charge is 0.224 e. The van der Waals surface area contributed by atoms with Crippen LogP contribution in [0.25, 0.3) is 0 Å². The molecule has 0 atom stereocenters. The molecule has 1 aromatic rings. The molecule has 0 radical (unpaired) electrons. The second-order valence-corrected chi connectivity index (χ2v) is 4.60. The third kappa shape index (κ3) is 3.30. The Bertz CT molecular complexity index is 424. The zero-order valence-corrected chi connectivity index (χ0v) is 10.9. The average Bonchev–Trinajstić information content (AvgIpc) is 2.44. The molecule has 0 aliphatic carbocycles. The standard InChI is InChI=1S/C12H19FN4O2/c1-2-14-11-15-7-9(13)10(16-11)17-12(8-18)3-5-19-6-4-12/h7,18H,2-6,8H2,1H3,(H2,14,15,16,17). The molecule has 7 heteroatoms. The van der Waals surface area contributed by atoms with E-state index in [1.165, 1.54) is 0 Å². The third-order valence-corrected chi connectivity index (χ3v) is 3.22. The van der Waals surface area contributed by atoms with E-state index >= 15 is 0 Å². The molecule has 6 nitrogen and oxygen atoms in total. The van der Waals surface area contributed by atoms with Crippen molar-refractivity contribution in [3.05, 3.63) is 12.0 Å². The minimum Gasteiger partial charge on any atom is -0.394 e. The van der Waals surface area contributed by atoms with Gasteiger partial charge in [-0.3, -0.25) is 0 Å². The molecule has 1 saturated heterocycles. The van der Waals surface area contributed by atoms with Gasteiger partial charge >= 0.3 is 0 Å². The lowest BCUT2D eigenvalue weighted by Gasteiger charge is -2.36. The van der Waals surface area contributed by atoms with Crippen LogP contribution in [-0.4, -0.2) is 47.0 Å². The van der Waals surface area contributed by atoms with Gasteiger partial charge in [-0.05, 0) is 19.8 Å². The van der Waals surface area contributed by atoms with Crippen LogP contribution in [0.3, 0.4) is 0 Å². The largest absolute Gasteiger partial charge is 0.394 e. The van der Waals surface area contributed by atoms with Crippen LogP contribution in [-0.2, 0) is 4.74 Å². The maximum Gasteiger partial charge on any atom is 0.224 e. The summed E-state index contributed by atoms with van der Waals surface area (Å²) in [5.41, 5.74) is -0.572. The van der Waals surface area contributed by atoms with Crippen LogP contribution < -0.4 is 10.6 Å². The molecule has 1 aliphatic heterocycles. The van der Waals surface area contributed by atoms with Crippen molar-refractivity contribution in [2.24, 2.45) is 0 Å². The van der Waals surface area contributed by atoms with E-state index in [4.69, 9.17) is 4.74 Å². The van der Waals surface area contributed by atoms with Crippen molar-refractivity contribution in [2.75, 3.05) is 37.0 Å². The summed E-state index contributed by atoms with van der Waals surface area (Å²) in [6, 6.07) is 0. The number of ether oxygens (including phenoxy) is 1. The predicted molar refractivity (Wildman–Crippen MR) is 69.6 cm³/mol. The van der Waals surface area contributed by atoms with Gasteiger partial charge < -0.3 is 20.5 Å². The summed E-state index contributed by atoms with van der Waals surface area (Å²) in [6.45, 7) is 3.56. The highest BCUT2D eigenvalue weighted by atomic mass is 19.1. The second kappa shape index (κ2) is 6.12. The number of nitrogens with one attached hydrogen (secondary N) is 2. The van der Waals surface area contributed by atoms with Crippen molar-refractivity contribution in [1.82, 2.24) is 9.97 Å². The molecule has 106 valence electrons. The van der Waals surface area contributed by atoms with Gasteiger partial charge in [-0.1, -0.05) is 0 Å². The second-order valence-electron chi connectivity index (χ2n) is 4.60. The maximum atomic E-state index is 13.7. The number of rotatable bonds is 5. The first-order chi connectivity index (χ1) is 9.19. The Morgan fingerprint density at radius 1 is 1.47 bits per heavy atom. The van der Waals surface area contributed by atoms with Gasteiger partial charge in [0.05, 0.1) is 18.3 Å². The van der Waals surface area contributed by atoms with E-state index in [1.807, 2.05) is 6.92 Å². The molecule has 1 aliphatic rings. The number of hydrogen-bond donors (Lipinski definition) is 3. The van der Waals surface area contributed by atoms with E-state index in [9.17, 15) is 9.50 Å². The van der Waals surface area contributed by atoms with Crippen molar-refractivity contribution in [1.29, 1.82) is 0 Å². The zero-order chi connectivity index (χ0) is 13.7. The van der Waals surface area contributed by atoms with E-state index in [-0.39, 0.29) is 12.4 Å². The first-order valence-corrected chi connectivity index (χ1v) is 6.42. The summed E-state index contributed by atoms with van der Waals surface area (Å²) in [7, 11) is 0. The number of nitrogens with zero attached hydrogens (tertiary/aromatic N) is 2. The Morgan fingerprint density at radius 2 is 2.21 bits per heavy atom. The molecule has 2 rings (SSSR count). The van der Waals surface area contributed by atoms with Crippen LogP contribution in [0.5, 0.6) is 0 Å². The van der Waals surface area contributed by atoms with Crippen molar-refractivity contribution in [3.63, 3.8) is 0 Å². The van der Waals surface area contributed by atoms with Crippen molar-refractivity contribution >= 4 is 11.8 Å². The molecule has 1 fully saturated rings. The topological polar surface area (TPSA) is 79.3 Å². The number of aromatic nitrogens is 2. The molecule has 0 spiro atoms. The molecular weight excluding hydrogens is 251 g/mol. The number of hydrogen-bond acceptors (Lipinski definition) is 6. The van der Waals surface area contributed by atoms with E-state index in [0.717, 1.165) is 6.20 Å². The van der Waals surface area contributed by atoms with Gasteiger partial charge in [0, 0.05) is 19.8 Å². The van der Waals surface area contributed by atoms with Crippen molar-refractivity contribution in [3.8, 4) is 0 Å². The summed E-state index contributed by atoms with van der Waals surface area (Å²) < 4.78 is 19.0. The molecule has 0 unspecified atom stereocenters. The lowest BCUT2D eigenvalue weighted by atomic mass is 9.91. The highest BCUT2D eigenvalue weighted by Gasteiger charge is 2.33. The monoisotopic (exact) mass is 270 g/mol. The molecule has 19 heavy (non-hydrogen) atoms. The Kier molecular flexibility index (Phi) is 4.49. The highest BCUT2D eigenvalue weighted by molar-refractivity contribution is 5.43. The summed E-state index contributed by atoms with van der Waals surface area (Å²) in [5, 5.41) is 15.5. The molecule has 0 aromatic carbocycles. The highest BCUT2D eigenvalue weighted by Crippen LogP contribution is 2.26. The van der Waals surface area contributed by atoms with Gasteiger partial charge in [-0.15, -0.1) is 0 Å². The number of halogens is 1. The fraction of sp³-hybridized carbons (Fsp3) is 0.667. The Labute approximate surface area is 111 Å². The van der Waals surface area contributed by atoms with Gasteiger partial charge in [-0.2, -0.15) is 4.98 Å². The van der Waals surface area contributed by atoms with Crippen molar-refractivity contribution < 1.29 is 14.2 Å². The molecular formula is C12H19FN4O2. The summed E-state index contributed by atoms with van der Waals surface area (Å²) >= 11 is 0. The Balaban J connectivity index is 2.18. The lowest BCUT2D eigenvalue weighted by Crippen LogP contribution is -2.47. The van der Waals surface area contributed by atoms with Gasteiger partial charge in [0.15, 0.2) is 11.6 Å². The van der Waals surface area contributed by atoms with E-state index in [2.05, 4.69) is 20.6 Å². The first-order valence-electron chi connectivity index (χ1n) is 6.42. The minimum atomic E-state index is -0.572. The summed E-state index contributed by atoms with van der Waals surface area (Å²) in [6.07, 6.45) is 2.35. The third-order valence-electron chi connectivity index (χ3n) is 3.22. The van der Waals surface area contributed by atoms with E-state index < -0.39 is 11.4 Å². The lowest BCUT2D eigenvalue weighted by molar-refractivity contribution is 0.0377. The normalized spacial score (nSPS) is 18.1. The molecule has 2 heterocycles. The summed E-state index contributed by atoms with van der Waals surface area (Å²) in [4.78, 5) is 7.93. The fourth-order valence-electron chi connectivity index (χ4n) is 2.03. The SMILES string of the molecule is CCNc1ncc(F)c(NC2(CO)CCOCC2)n1. The Morgan fingerprint density at radius 3 is 2.84 bits per heavy atom. The minimum absolute atomic E-state index is 0.0870. The van der Waals surface area contributed by atoms with Crippen LogP contribution >= 0.6 is 0 Å². The van der Waals surface area contributed by atoms with Gasteiger partial charge in [0.2, 0.25) is 5.95 Å². The van der Waals surface area contributed by atoms with Crippen LogP contribution in [0.15, 0.2) is 6.20 Å². The first kappa shape index (κ1) is 14.0. The van der Waals surface area contributed by atoms with Crippen LogP contribution in [0.2, 0.25) is 0 Å². The molecule has 0 amide bonds. The average molecular weight is 270 g/mol. The molecule has 0 bridgehead atoms. The van der Waals surface area contributed by atoms with E-state index in [0.29, 0.717) is 38.5 Å². The zero-order valence-electron chi connectivity index (χ0n) is 10.9. The molecule has 1 aromatic heterocycles. The molecule has 0 saturated carbocycles. The fourth-order valence-corrected chi connectivity index (χ4v) is 2.03.